The van der Waals surface area contributed by atoms with Crippen molar-refractivity contribution < 1.29 is 28.6 Å². The van der Waals surface area contributed by atoms with Crippen LogP contribution in [0.25, 0.3) is 0 Å². The number of carbonyl (C=O) groups excluding carboxylic acids is 3. The zero-order valence-electron chi connectivity index (χ0n) is 20.6. The molecule has 0 saturated heterocycles. The molecule has 0 unspecified atom stereocenters. The highest BCUT2D eigenvalue weighted by atomic mass is 79.9. The third-order valence-corrected chi connectivity index (χ3v) is 5.96. The highest BCUT2D eigenvalue weighted by Gasteiger charge is 2.16. The monoisotopic (exact) mass is 546 g/mol. The van der Waals surface area contributed by atoms with Gasteiger partial charge in [0.2, 0.25) is 0 Å². The first kappa shape index (κ1) is 28.6. The molecule has 0 fully saturated rings. The normalized spacial score (nSPS) is 10.6. The smallest absolute Gasteiger partial charge is 0.338 e. The van der Waals surface area contributed by atoms with Gasteiger partial charge in [0.1, 0.15) is 5.75 Å². The summed E-state index contributed by atoms with van der Waals surface area (Å²) in [5.41, 5.74) is 1.97. The Morgan fingerprint density at radius 3 is 2.23 bits per heavy atom. The average molecular weight is 547 g/mol. The first-order valence-electron chi connectivity index (χ1n) is 12.3. The van der Waals surface area contributed by atoms with Gasteiger partial charge in [0.05, 0.1) is 25.4 Å². The summed E-state index contributed by atoms with van der Waals surface area (Å²) in [4.78, 5) is 37.2. The zero-order valence-corrected chi connectivity index (χ0v) is 22.2. The third-order valence-electron chi connectivity index (χ3n) is 5.40. The van der Waals surface area contributed by atoms with E-state index in [9.17, 15) is 14.4 Å². The van der Waals surface area contributed by atoms with Crippen LogP contribution in [-0.4, -0.2) is 42.9 Å². The van der Waals surface area contributed by atoms with Crippen LogP contribution >= 0.6 is 15.9 Å². The summed E-state index contributed by atoms with van der Waals surface area (Å²) in [6.07, 6.45) is 6.19. The highest BCUT2D eigenvalue weighted by Crippen LogP contribution is 2.24. The number of alkyl halides is 1. The maximum atomic E-state index is 13.2. The minimum Gasteiger partial charge on any atom is -0.493 e. The van der Waals surface area contributed by atoms with E-state index in [0.717, 1.165) is 23.7 Å². The molecule has 0 heterocycles. The third kappa shape index (κ3) is 9.84. The number of halogens is 1. The highest BCUT2D eigenvalue weighted by molar-refractivity contribution is 9.09. The summed E-state index contributed by atoms with van der Waals surface area (Å²) < 4.78 is 16.1. The molecule has 190 valence electrons. The number of aryl methyl sites for hydroxylation is 1. The molecule has 0 spiro atoms. The van der Waals surface area contributed by atoms with Crippen LogP contribution in [0.1, 0.15) is 84.2 Å². The second kappa shape index (κ2) is 16.1. The molecular weight excluding hydrogens is 512 g/mol. The molecule has 0 aliphatic rings. The molecule has 2 rings (SSSR count). The summed E-state index contributed by atoms with van der Waals surface area (Å²) in [6.45, 7) is 4.68. The molecule has 35 heavy (non-hydrogen) atoms. The van der Waals surface area contributed by atoms with Gasteiger partial charge in [0.15, 0.2) is 5.78 Å². The maximum absolute atomic E-state index is 13.2. The van der Waals surface area contributed by atoms with Crippen molar-refractivity contribution in [3.8, 4) is 5.75 Å². The predicted octanol–water partition coefficient (Wildman–Crippen LogP) is 6.31. The van der Waals surface area contributed by atoms with Gasteiger partial charge in [-0.2, -0.15) is 0 Å². The van der Waals surface area contributed by atoms with Crippen LogP contribution < -0.4 is 4.74 Å². The van der Waals surface area contributed by atoms with Gasteiger partial charge in [-0.05, 0) is 69.0 Å². The zero-order chi connectivity index (χ0) is 25.5. The minimum atomic E-state index is -0.465. The molecule has 0 atom stereocenters. The van der Waals surface area contributed by atoms with Crippen molar-refractivity contribution >= 4 is 33.7 Å². The first-order valence-corrected chi connectivity index (χ1v) is 13.4. The number of hydrogen-bond acceptors (Lipinski definition) is 6. The van der Waals surface area contributed by atoms with E-state index in [1.807, 2.05) is 0 Å². The van der Waals surface area contributed by atoms with Crippen molar-refractivity contribution in [2.24, 2.45) is 0 Å². The molecule has 6 nitrogen and oxygen atoms in total. The number of carbonyl (C=O) groups is 3. The lowest BCUT2D eigenvalue weighted by molar-refractivity contribution is -0.143. The number of benzene rings is 2. The number of ketones is 1. The van der Waals surface area contributed by atoms with Gasteiger partial charge in [-0.25, -0.2) is 4.79 Å². The lowest BCUT2D eigenvalue weighted by Crippen LogP contribution is -2.09. The van der Waals surface area contributed by atoms with Crippen molar-refractivity contribution in [2.45, 2.75) is 58.8 Å². The van der Waals surface area contributed by atoms with Crippen LogP contribution in [0.4, 0.5) is 0 Å². The van der Waals surface area contributed by atoms with E-state index >= 15 is 0 Å². The Labute approximate surface area is 216 Å². The van der Waals surface area contributed by atoms with Crippen molar-refractivity contribution in [1.29, 1.82) is 0 Å². The molecule has 2 aromatic carbocycles. The van der Waals surface area contributed by atoms with E-state index in [1.165, 1.54) is 19.3 Å². The van der Waals surface area contributed by atoms with E-state index in [0.29, 0.717) is 42.1 Å². The van der Waals surface area contributed by atoms with E-state index in [-0.39, 0.29) is 24.8 Å². The van der Waals surface area contributed by atoms with Crippen LogP contribution in [0.15, 0.2) is 42.5 Å². The number of unbranched alkanes of at least 4 members (excludes halogenated alkanes) is 4. The maximum Gasteiger partial charge on any atom is 0.338 e. The molecule has 0 N–H and O–H groups in total. The molecule has 0 aliphatic heterocycles. The molecule has 0 radical (unpaired) electrons. The fourth-order valence-corrected chi connectivity index (χ4v) is 4.00. The van der Waals surface area contributed by atoms with Crippen molar-refractivity contribution in [1.82, 2.24) is 0 Å². The van der Waals surface area contributed by atoms with Gasteiger partial charge < -0.3 is 14.2 Å². The summed E-state index contributed by atoms with van der Waals surface area (Å²) in [6, 6.07) is 11.8. The van der Waals surface area contributed by atoms with E-state index in [2.05, 4.69) is 15.9 Å². The SMILES string of the molecule is CCOC(=O)CCc1cc(C(=O)c2cccc(C(=O)OCC)c2)ccc1OCCCCCCCBr. The Morgan fingerprint density at radius 2 is 1.49 bits per heavy atom. The summed E-state index contributed by atoms with van der Waals surface area (Å²) in [5, 5.41) is 1.03. The second-order valence-electron chi connectivity index (χ2n) is 8.06. The average Bonchev–Trinajstić information content (AvgIpc) is 2.87. The van der Waals surface area contributed by atoms with Crippen LogP contribution in [0, 0.1) is 0 Å². The molecule has 0 amide bonds. The standard InChI is InChI=1S/C28H35BrO6/c1-3-33-26(30)16-14-21-19-23(13-15-25(21)35-18-9-7-5-6-8-17-29)27(31)22-11-10-12-24(20-22)28(32)34-4-2/h10-13,15,19-20H,3-9,14,16-18H2,1-2H3. The molecule has 0 aliphatic carbocycles. The topological polar surface area (TPSA) is 78.9 Å². The van der Waals surface area contributed by atoms with Crippen molar-refractivity contribution in [3.05, 3.63) is 64.7 Å². The quantitative estimate of drug-likeness (QED) is 0.106. The Bertz CT molecular complexity index is 972. The largest absolute Gasteiger partial charge is 0.493 e. The van der Waals surface area contributed by atoms with Crippen molar-refractivity contribution in [2.75, 3.05) is 25.2 Å². The van der Waals surface area contributed by atoms with Crippen LogP contribution in [0.5, 0.6) is 5.75 Å². The Balaban J connectivity index is 2.15. The van der Waals surface area contributed by atoms with Gasteiger partial charge in [0.25, 0.3) is 0 Å². The van der Waals surface area contributed by atoms with Crippen LogP contribution in [0.2, 0.25) is 0 Å². The lowest BCUT2D eigenvalue weighted by atomic mass is 9.98. The molecular formula is C28H35BrO6. The lowest BCUT2D eigenvalue weighted by Gasteiger charge is -2.13. The molecule has 2 aromatic rings. The molecule has 7 heteroatoms. The fraction of sp³-hybridized carbons (Fsp3) is 0.464. The fourth-order valence-electron chi connectivity index (χ4n) is 3.60. The number of rotatable bonds is 16. The van der Waals surface area contributed by atoms with Gasteiger partial charge in [0, 0.05) is 22.9 Å². The predicted molar refractivity (Wildman–Crippen MR) is 140 cm³/mol. The minimum absolute atomic E-state index is 0.201. The van der Waals surface area contributed by atoms with E-state index in [1.54, 1.807) is 56.3 Å². The molecule has 0 saturated carbocycles. The van der Waals surface area contributed by atoms with Gasteiger partial charge in [-0.3, -0.25) is 9.59 Å². The molecule has 0 aromatic heterocycles. The van der Waals surface area contributed by atoms with E-state index in [4.69, 9.17) is 14.2 Å². The number of esters is 2. The van der Waals surface area contributed by atoms with Gasteiger partial charge in [-0.1, -0.05) is 47.3 Å². The van der Waals surface area contributed by atoms with Crippen LogP contribution in [0.3, 0.4) is 0 Å². The summed E-state index contributed by atoms with van der Waals surface area (Å²) in [7, 11) is 0. The summed E-state index contributed by atoms with van der Waals surface area (Å²) in [5.74, 6) is -0.296. The first-order chi connectivity index (χ1) is 17.0. The van der Waals surface area contributed by atoms with Crippen molar-refractivity contribution in [3.63, 3.8) is 0 Å². The Morgan fingerprint density at radius 1 is 0.800 bits per heavy atom. The van der Waals surface area contributed by atoms with Gasteiger partial charge >= 0.3 is 11.9 Å². The second-order valence-corrected chi connectivity index (χ2v) is 8.86. The Hall–Kier alpha value is -2.67. The number of ether oxygens (including phenoxy) is 3. The number of hydrogen-bond donors (Lipinski definition) is 0. The summed E-state index contributed by atoms with van der Waals surface area (Å²) >= 11 is 3.45. The molecule has 0 bridgehead atoms. The van der Waals surface area contributed by atoms with Crippen LogP contribution in [-0.2, 0) is 20.7 Å². The Kier molecular flexibility index (Phi) is 13.1. The van der Waals surface area contributed by atoms with E-state index < -0.39 is 5.97 Å². The van der Waals surface area contributed by atoms with Gasteiger partial charge in [-0.15, -0.1) is 0 Å².